The third kappa shape index (κ3) is 3.43. The molecule has 2 aromatic rings. The van der Waals surface area contributed by atoms with Gasteiger partial charge in [-0.3, -0.25) is 0 Å². The smallest absolute Gasteiger partial charge is 0.231 e. The molecule has 0 saturated carbocycles. The fourth-order valence-corrected chi connectivity index (χ4v) is 3.12. The molecule has 2 rings (SSSR count). The van der Waals surface area contributed by atoms with Crippen LogP contribution in [0.25, 0.3) is 0 Å². The van der Waals surface area contributed by atoms with E-state index in [1.165, 1.54) is 0 Å². The second-order valence-electron chi connectivity index (χ2n) is 5.46. The van der Waals surface area contributed by atoms with E-state index >= 15 is 0 Å². The Kier molecular flexibility index (Phi) is 4.88. The Hall–Kier alpha value is -1.27. The van der Waals surface area contributed by atoms with E-state index < -0.39 is 0 Å². The van der Waals surface area contributed by atoms with Crippen LogP contribution in [0.4, 0.5) is 0 Å². The van der Waals surface area contributed by atoms with Crippen molar-refractivity contribution >= 4 is 11.3 Å². The van der Waals surface area contributed by atoms with E-state index in [1.807, 2.05) is 19.4 Å². The van der Waals surface area contributed by atoms with Crippen LogP contribution < -0.4 is 5.32 Å². The van der Waals surface area contributed by atoms with Crippen LogP contribution in [0.3, 0.4) is 0 Å². The normalized spacial score (nSPS) is 14.7. The van der Waals surface area contributed by atoms with Gasteiger partial charge in [-0.2, -0.15) is 4.98 Å². The first-order valence-corrected chi connectivity index (χ1v) is 7.80. The van der Waals surface area contributed by atoms with E-state index in [0.717, 1.165) is 10.7 Å². The molecule has 5 nitrogen and oxygen atoms in total. The van der Waals surface area contributed by atoms with E-state index in [-0.39, 0.29) is 5.92 Å². The lowest BCUT2D eigenvalue weighted by Gasteiger charge is -2.23. The standard InChI is InChI=1S/C14H22N4OS/c1-8(2)13(10(4)15-5)14-17-11(18-19-14)6-12-16-9(3)7-20-12/h7-8,10,13,15H,6H2,1-5H3. The maximum atomic E-state index is 5.47. The van der Waals surface area contributed by atoms with Crippen molar-refractivity contribution in [2.75, 3.05) is 7.05 Å². The highest BCUT2D eigenvalue weighted by Gasteiger charge is 2.27. The summed E-state index contributed by atoms with van der Waals surface area (Å²) in [5, 5.41) is 10.4. The van der Waals surface area contributed by atoms with Gasteiger partial charge in [0, 0.05) is 17.1 Å². The van der Waals surface area contributed by atoms with Crippen molar-refractivity contribution in [3.63, 3.8) is 0 Å². The van der Waals surface area contributed by atoms with Gasteiger partial charge in [0.15, 0.2) is 5.82 Å². The van der Waals surface area contributed by atoms with Crippen LogP contribution >= 0.6 is 11.3 Å². The van der Waals surface area contributed by atoms with Crippen LogP contribution in [0.2, 0.25) is 0 Å². The summed E-state index contributed by atoms with van der Waals surface area (Å²) < 4.78 is 5.47. The van der Waals surface area contributed by atoms with Gasteiger partial charge in [0.25, 0.3) is 0 Å². The summed E-state index contributed by atoms with van der Waals surface area (Å²) >= 11 is 1.63. The molecule has 0 radical (unpaired) electrons. The predicted molar refractivity (Wildman–Crippen MR) is 80.1 cm³/mol. The lowest BCUT2D eigenvalue weighted by Crippen LogP contribution is -2.32. The van der Waals surface area contributed by atoms with Crippen molar-refractivity contribution in [1.82, 2.24) is 20.4 Å². The van der Waals surface area contributed by atoms with Gasteiger partial charge in [-0.1, -0.05) is 19.0 Å². The number of likely N-dealkylation sites (N-methyl/N-ethyl adjacent to an activating group) is 1. The summed E-state index contributed by atoms with van der Waals surface area (Å²) in [7, 11) is 1.95. The van der Waals surface area contributed by atoms with Gasteiger partial charge in [-0.05, 0) is 26.8 Å². The maximum Gasteiger partial charge on any atom is 0.231 e. The third-order valence-electron chi connectivity index (χ3n) is 3.46. The van der Waals surface area contributed by atoms with E-state index in [1.54, 1.807) is 11.3 Å². The second kappa shape index (κ2) is 6.45. The summed E-state index contributed by atoms with van der Waals surface area (Å²) in [5.74, 6) is 2.08. The predicted octanol–water partition coefficient (Wildman–Crippen LogP) is 2.77. The van der Waals surface area contributed by atoms with Crippen molar-refractivity contribution in [2.24, 2.45) is 5.92 Å². The van der Waals surface area contributed by atoms with Crippen molar-refractivity contribution < 1.29 is 4.52 Å². The molecule has 6 heteroatoms. The summed E-state index contributed by atoms with van der Waals surface area (Å²) in [5.41, 5.74) is 1.04. The summed E-state index contributed by atoms with van der Waals surface area (Å²) in [6.45, 7) is 8.48. The molecular formula is C14H22N4OS. The molecule has 2 unspecified atom stereocenters. The average molecular weight is 294 g/mol. The van der Waals surface area contributed by atoms with Crippen LogP contribution in [-0.2, 0) is 6.42 Å². The van der Waals surface area contributed by atoms with Gasteiger partial charge in [-0.25, -0.2) is 4.98 Å². The van der Waals surface area contributed by atoms with Crippen LogP contribution in [-0.4, -0.2) is 28.2 Å². The Morgan fingerprint density at radius 1 is 1.30 bits per heavy atom. The summed E-state index contributed by atoms with van der Waals surface area (Å²) in [6, 6.07) is 0.297. The lowest BCUT2D eigenvalue weighted by atomic mass is 9.89. The van der Waals surface area contributed by atoms with Crippen LogP contribution in [0.1, 0.15) is 49.1 Å². The average Bonchev–Trinajstić information content (AvgIpc) is 2.99. The molecule has 1 N–H and O–H groups in total. The molecule has 2 heterocycles. The van der Waals surface area contributed by atoms with Gasteiger partial charge in [0.1, 0.15) is 5.01 Å². The monoisotopic (exact) mass is 294 g/mol. The van der Waals surface area contributed by atoms with Crippen molar-refractivity contribution in [2.45, 2.75) is 46.1 Å². The minimum atomic E-state index is 0.222. The molecule has 0 bridgehead atoms. The van der Waals surface area contributed by atoms with Gasteiger partial charge >= 0.3 is 0 Å². The fraction of sp³-hybridized carbons (Fsp3) is 0.643. The Morgan fingerprint density at radius 3 is 2.60 bits per heavy atom. The number of nitrogens with one attached hydrogen (secondary N) is 1. The van der Waals surface area contributed by atoms with Crippen molar-refractivity contribution in [3.05, 3.63) is 27.8 Å². The Labute approximate surface area is 123 Å². The molecule has 2 aromatic heterocycles. The number of hydrogen-bond acceptors (Lipinski definition) is 6. The summed E-state index contributed by atoms with van der Waals surface area (Å²) in [6.07, 6.45) is 0.640. The first-order valence-electron chi connectivity index (χ1n) is 6.92. The summed E-state index contributed by atoms with van der Waals surface area (Å²) in [4.78, 5) is 8.99. The number of aryl methyl sites for hydroxylation is 1. The second-order valence-corrected chi connectivity index (χ2v) is 6.40. The van der Waals surface area contributed by atoms with E-state index in [2.05, 4.69) is 41.2 Å². The van der Waals surface area contributed by atoms with Crippen LogP contribution in [0.15, 0.2) is 9.90 Å². The molecule has 2 atom stereocenters. The van der Waals surface area contributed by atoms with E-state index in [9.17, 15) is 0 Å². The highest BCUT2D eigenvalue weighted by molar-refractivity contribution is 7.09. The van der Waals surface area contributed by atoms with Gasteiger partial charge in [-0.15, -0.1) is 11.3 Å². The zero-order chi connectivity index (χ0) is 14.7. The fourth-order valence-electron chi connectivity index (χ4n) is 2.35. The maximum absolute atomic E-state index is 5.47. The first-order chi connectivity index (χ1) is 9.51. The minimum Gasteiger partial charge on any atom is -0.339 e. The molecule has 0 aromatic carbocycles. The zero-order valence-corrected chi connectivity index (χ0v) is 13.5. The molecular weight excluding hydrogens is 272 g/mol. The Bertz CT molecular complexity index is 549. The SMILES string of the molecule is CNC(C)C(c1nc(Cc2nc(C)cs2)no1)C(C)C. The number of nitrogens with zero attached hydrogens (tertiary/aromatic N) is 3. The molecule has 0 aliphatic rings. The van der Waals surface area contributed by atoms with Crippen molar-refractivity contribution in [3.8, 4) is 0 Å². The first kappa shape index (κ1) is 15.1. The van der Waals surface area contributed by atoms with Crippen molar-refractivity contribution in [1.29, 1.82) is 0 Å². The van der Waals surface area contributed by atoms with Gasteiger partial charge < -0.3 is 9.84 Å². The number of rotatable bonds is 6. The van der Waals surface area contributed by atoms with Crippen LogP contribution in [0, 0.1) is 12.8 Å². The largest absolute Gasteiger partial charge is 0.339 e. The molecule has 0 aliphatic carbocycles. The van der Waals surface area contributed by atoms with E-state index in [4.69, 9.17) is 4.52 Å². The molecule has 110 valence electrons. The highest BCUT2D eigenvalue weighted by atomic mass is 32.1. The number of aromatic nitrogens is 3. The van der Waals surface area contributed by atoms with Gasteiger partial charge in [0.2, 0.25) is 5.89 Å². The van der Waals surface area contributed by atoms with Crippen LogP contribution in [0.5, 0.6) is 0 Å². The quantitative estimate of drug-likeness (QED) is 0.887. The third-order valence-corrected chi connectivity index (χ3v) is 4.42. The van der Waals surface area contributed by atoms with Gasteiger partial charge in [0.05, 0.1) is 12.3 Å². The minimum absolute atomic E-state index is 0.222. The number of thiazole rings is 1. The molecule has 0 saturated heterocycles. The molecule has 0 amide bonds. The highest BCUT2D eigenvalue weighted by Crippen LogP contribution is 2.27. The molecule has 0 fully saturated rings. The Balaban J connectivity index is 2.14. The molecule has 0 spiro atoms. The molecule has 0 aliphatic heterocycles. The zero-order valence-electron chi connectivity index (χ0n) is 12.7. The van der Waals surface area contributed by atoms with E-state index in [0.29, 0.717) is 30.1 Å². The molecule has 20 heavy (non-hydrogen) atoms. The number of hydrogen-bond donors (Lipinski definition) is 1. The Morgan fingerprint density at radius 2 is 2.05 bits per heavy atom. The topological polar surface area (TPSA) is 63.8 Å². The lowest BCUT2D eigenvalue weighted by molar-refractivity contribution is 0.285.